The van der Waals surface area contributed by atoms with Gasteiger partial charge in [0.2, 0.25) is 5.91 Å². The number of thiophene rings is 1. The molecule has 0 aromatic carbocycles. The molecule has 2 heterocycles. The van der Waals surface area contributed by atoms with E-state index in [2.05, 4.69) is 11.8 Å². The third-order valence-electron chi connectivity index (χ3n) is 6.89. The number of carbonyl (C=O) groups excluding carboxylic acids is 1. The third-order valence-corrected chi connectivity index (χ3v) is 10.3. The molecule has 2 saturated carbocycles. The summed E-state index contributed by atoms with van der Waals surface area (Å²) in [7, 11) is -3.40. The second kappa shape index (κ2) is 9.06. The fourth-order valence-corrected chi connectivity index (χ4v) is 7.97. The van der Waals surface area contributed by atoms with Crippen LogP contribution in [0.25, 0.3) is 0 Å². The van der Waals surface area contributed by atoms with Crippen molar-refractivity contribution in [2.24, 2.45) is 5.92 Å². The van der Waals surface area contributed by atoms with E-state index in [4.69, 9.17) is 0 Å². The van der Waals surface area contributed by atoms with Crippen LogP contribution in [0.1, 0.15) is 76.0 Å². The van der Waals surface area contributed by atoms with Gasteiger partial charge in [-0.25, -0.2) is 8.42 Å². The van der Waals surface area contributed by atoms with Crippen molar-refractivity contribution in [2.45, 2.75) is 93.8 Å². The fourth-order valence-electron chi connectivity index (χ4n) is 4.95. The minimum Gasteiger partial charge on any atom is -0.336 e. The van der Waals surface area contributed by atoms with E-state index < -0.39 is 10.0 Å². The number of hydrogen-bond acceptors (Lipinski definition) is 4. The molecular weight excluding hydrogens is 404 g/mol. The van der Waals surface area contributed by atoms with Crippen molar-refractivity contribution in [1.82, 2.24) is 9.21 Å². The van der Waals surface area contributed by atoms with Gasteiger partial charge in [-0.3, -0.25) is 4.79 Å². The Morgan fingerprint density at radius 3 is 2.24 bits per heavy atom. The van der Waals surface area contributed by atoms with Crippen LogP contribution in [-0.4, -0.2) is 48.7 Å². The second-order valence-electron chi connectivity index (χ2n) is 8.98. The Morgan fingerprint density at radius 1 is 1.03 bits per heavy atom. The number of sulfonamides is 1. The third kappa shape index (κ3) is 4.88. The van der Waals surface area contributed by atoms with Gasteiger partial charge < -0.3 is 4.90 Å². The van der Waals surface area contributed by atoms with Crippen molar-refractivity contribution in [1.29, 1.82) is 0 Å². The number of amides is 1. The van der Waals surface area contributed by atoms with Crippen molar-refractivity contribution in [2.75, 3.05) is 13.1 Å². The van der Waals surface area contributed by atoms with Crippen molar-refractivity contribution >= 4 is 27.3 Å². The standard InChI is InChI=1S/C22H34N2O3S2/c1-2-17-6-8-18(9-7-17)24(19-10-11-19)21(25)16-20-12-13-22(28-20)29(26,27)23-14-4-3-5-15-23/h12-13,17-19H,2-11,14-16H2,1H3. The Hall–Kier alpha value is -0.920. The maximum atomic E-state index is 13.2. The molecule has 0 spiro atoms. The normalized spacial score (nSPS) is 26.4. The molecule has 4 rings (SSSR count). The first kappa shape index (κ1) is 21.3. The summed E-state index contributed by atoms with van der Waals surface area (Å²) in [4.78, 5) is 16.2. The van der Waals surface area contributed by atoms with Crippen LogP contribution in [0.4, 0.5) is 0 Å². The van der Waals surface area contributed by atoms with E-state index in [-0.39, 0.29) is 5.91 Å². The average Bonchev–Trinajstić information content (AvgIpc) is 3.45. The van der Waals surface area contributed by atoms with Gasteiger partial charge in [-0.2, -0.15) is 4.31 Å². The SMILES string of the molecule is CCC1CCC(N(C(=O)Cc2ccc(S(=O)(=O)N3CCCCC3)s2)C2CC2)CC1. The molecule has 3 aliphatic rings. The lowest BCUT2D eigenvalue weighted by Crippen LogP contribution is -2.44. The predicted octanol–water partition coefficient (Wildman–Crippen LogP) is 4.43. The molecular formula is C22H34N2O3S2. The minimum absolute atomic E-state index is 0.191. The van der Waals surface area contributed by atoms with Crippen molar-refractivity contribution in [3.05, 3.63) is 17.0 Å². The molecule has 7 heteroatoms. The van der Waals surface area contributed by atoms with E-state index in [0.717, 1.165) is 55.7 Å². The van der Waals surface area contributed by atoms with Gasteiger partial charge in [-0.15, -0.1) is 11.3 Å². The van der Waals surface area contributed by atoms with Gasteiger partial charge in [-0.05, 0) is 69.4 Å². The minimum atomic E-state index is -3.40. The van der Waals surface area contributed by atoms with Crippen LogP contribution in [0.2, 0.25) is 0 Å². The Balaban J connectivity index is 1.41. The number of piperidine rings is 1. The van der Waals surface area contributed by atoms with Crippen LogP contribution >= 0.6 is 11.3 Å². The average molecular weight is 439 g/mol. The summed E-state index contributed by atoms with van der Waals surface area (Å²) in [5, 5.41) is 0. The molecule has 1 aromatic rings. The second-order valence-corrected chi connectivity index (χ2v) is 12.3. The van der Waals surface area contributed by atoms with E-state index in [1.807, 2.05) is 6.07 Å². The smallest absolute Gasteiger partial charge is 0.252 e. The Bertz CT molecular complexity index is 802. The highest BCUT2D eigenvalue weighted by molar-refractivity contribution is 7.91. The number of hydrogen-bond donors (Lipinski definition) is 0. The van der Waals surface area contributed by atoms with Gasteiger partial charge in [-0.1, -0.05) is 19.8 Å². The summed E-state index contributed by atoms with van der Waals surface area (Å²) >= 11 is 1.28. The highest BCUT2D eigenvalue weighted by atomic mass is 32.2. The maximum absolute atomic E-state index is 13.2. The van der Waals surface area contributed by atoms with Gasteiger partial charge >= 0.3 is 0 Å². The van der Waals surface area contributed by atoms with Crippen molar-refractivity contribution in [3.8, 4) is 0 Å². The highest BCUT2D eigenvalue weighted by Crippen LogP contribution is 2.37. The van der Waals surface area contributed by atoms with Crippen molar-refractivity contribution < 1.29 is 13.2 Å². The van der Waals surface area contributed by atoms with Gasteiger partial charge in [0, 0.05) is 30.1 Å². The summed E-state index contributed by atoms with van der Waals surface area (Å²) in [6, 6.07) is 4.35. The molecule has 3 fully saturated rings. The highest BCUT2D eigenvalue weighted by Gasteiger charge is 2.38. The molecule has 0 bridgehead atoms. The number of rotatable bonds is 7. The Morgan fingerprint density at radius 2 is 1.66 bits per heavy atom. The van der Waals surface area contributed by atoms with Crippen LogP contribution < -0.4 is 0 Å². The van der Waals surface area contributed by atoms with E-state index >= 15 is 0 Å². The molecule has 29 heavy (non-hydrogen) atoms. The van der Waals surface area contributed by atoms with Gasteiger partial charge in [0.05, 0.1) is 6.42 Å². The lowest BCUT2D eigenvalue weighted by Gasteiger charge is -2.37. The molecule has 1 aliphatic heterocycles. The molecule has 162 valence electrons. The van der Waals surface area contributed by atoms with Gasteiger partial charge in [0.25, 0.3) is 10.0 Å². The van der Waals surface area contributed by atoms with Crippen LogP contribution in [0.15, 0.2) is 16.3 Å². The summed E-state index contributed by atoms with van der Waals surface area (Å²) in [6.07, 6.45) is 11.5. The van der Waals surface area contributed by atoms with Crippen LogP contribution in [0.5, 0.6) is 0 Å². The lowest BCUT2D eigenvalue weighted by molar-refractivity contribution is -0.134. The maximum Gasteiger partial charge on any atom is 0.252 e. The van der Waals surface area contributed by atoms with E-state index in [0.29, 0.717) is 35.8 Å². The van der Waals surface area contributed by atoms with Gasteiger partial charge in [0.1, 0.15) is 4.21 Å². The largest absolute Gasteiger partial charge is 0.336 e. The van der Waals surface area contributed by atoms with Gasteiger partial charge in [0.15, 0.2) is 0 Å². The topological polar surface area (TPSA) is 57.7 Å². The van der Waals surface area contributed by atoms with E-state index in [9.17, 15) is 13.2 Å². The van der Waals surface area contributed by atoms with Crippen LogP contribution in [-0.2, 0) is 21.2 Å². The molecule has 0 unspecified atom stereocenters. The molecule has 1 amide bonds. The molecule has 0 atom stereocenters. The first-order chi connectivity index (χ1) is 14.0. The zero-order valence-electron chi connectivity index (χ0n) is 17.5. The summed E-state index contributed by atoms with van der Waals surface area (Å²) in [5.74, 6) is 1.01. The zero-order chi connectivity index (χ0) is 20.4. The number of nitrogens with zero attached hydrogens (tertiary/aromatic N) is 2. The van der Waals surface area contributed by atoms with E-state index in [1.54, 1.807) is 10.4 Å². The first-order valence-electron chi connectivity index (χ1n) is 11.4. The number of carbonyl (C=O) groups is 1. The van der Waals surface area contributed by atoms with Crippen LogP contribution in [0, 0.1) is 5.92 Å². The first-order valence-corrected chi connectivity index (χ1v) is 13.6. The molecule has 1 saturated heterocycles. The molecule has 0 N–H and O–H groups in total. The monoisotopic (exact) mass is 438 g/mol. The summed E-state index contributed by atoms with van der Waals surface area (Å²) in [6.45, 7) is 3.50. The zero-order valence-corrected chi connectivity index (χ0v) is 19.1. The van der Waals surface area contributed by atoms with Crippen LogP contribution in [0.3, 0.4) is 0 Å². The van der Waals surface area contributed by atoms with Crippen molar-refractivity contribution in [3.63, 3.8) is 0 Å². The predicted molar refractivity (Wildman–Crippen MR) is 117 cm³/mol. The Kier molecular flexibility index (Phi) is 6.66. The molecule has 2 aliphatic carbocycles. The summed E-state index contributed by atoms with van der Waals surface area (Å²) < 4.78 is 27.8. The lowest BCUT2D eigenvalue weighted by atomic mass is 9.83. The molecule has 0 radical (unpaired) electrons. The fraction of sp³-hybridized carbons (Fsp3) is 0.773. The Labute approximate surface area is 179 Å². The van der Waals surface area contributed by atoms with E-state index in [1.165, 1.54) is 30.6 Å². The summed E-state index contributed by atoms with van der Waals surface area (Å²) in [5.41, 5.74) is 0. The molecule has 5 nitrogen and oxygen atoms in total. The molecule has 1 aromatic heterocycles. The quantitative estimate of drug-likeness (QED) is 0.633.